The number of hydrogen-bond acceptors (Lipinski definition) is 3. The second-order valence-corrected chi connectivity index (χ2v) is 4.58. The molecule has 0 unspecified atom stereocenters. The summed E-state index contributed by atoms with van der Waals surface area (Å²) in [6.07, 6.45) is 0. The molecule has 0 aliphatic heterocycles. The lowest BCUT2D eigenvalue weighted by molar-refractivity contribution is 0.294. The normalized spacial score (nSPS) is 10.7. The Labute approximate surface area is 116 Å². The molecule has 0 aliphatic rings. The summed E-state index contributed by atoms with van der Waals surface area (Å²) in [5, 5.41) is 0.590. The number of rotatable bonds is 3. The van der Waals surface area contributed by atoms with Crippen molar-refractivity contribution in [2.45, 2.75) is 13.5 Å². The van der Waals surface area contributed by atoms with Crippen molar-refractivity contribution in [1.82, 2.24) is 9.97 Å². The first-order chi connectivity index (χ1) is 9.74. The Bertz CT molecular complexity index is 809. The van der Waals surface area contributed by atoms with E-state index in [-0.39, 0.29) is 12.2 Å². The molecule has 4 heteroatoms. The van der Waals surface area contributed by atoms with Crippen LogP contribution in [0, 0.1) is 6.92 Å². The van der Waals surface area contributed by atoms with Gasteiger partial charge in [-0.25, -0.2) is 4.98 Å². The number of aromatic amines is 1. The molecule has 1 heterocycles. The quantitative estimate of drug-likeness (QED) is 0.793. The van der Waals surface area contributed by atoms with E-state index in [9.17, 15) is 4.79 Å². The van der Waals surface area contributed by atoms with Gasteiger partial charge in [-0.3, -0.25) is 4.79 Å². The van der Waals surface area contributed by atoms with Crippen molar-refractivity contribution in [3.8, 4) is 5.75 Å². The summed E-state index contributed by atoms with van der Waals surface area (Å²) in [5.41, 5.74) is 1.59. The van der Waals surface area contributed by atoms with E-state index in [4.69, 9.17) is 4.74 Å². The molecule has 0 spiro atoms. The monoisotopic (exact) mass is 266 g/mol. The molecule has 0 amide bonds. The first kappa shape index (κ1) is 12.4. The first-order valence-corrected chi connectivity index (χ1v) is 6.40. The maximum atomic E-state index is 11.9. The van der Waals surface area contributed by atoms with E-state index in [0.717, 1.165) is 11.3 Å². The maximum Gasteiger partial charge on any atom is 0.258 e. The van der Waals surface area contributed by atoms with Gasteiger partial charge in [0, 0.05) is 0 Å². The fourth-order valence-electron chi connectivity index (χ4n) is 2.07. The van der Waals surface area contributed by atoms with Crippen LogP contribution in [0.3, 0.4) is 0 Å². The predicted octanol–water partition coefficient (Wildman–Crippen LogP) is 2.81. The summed E-state index contributed by atoms with van der Waals surface area (Å²) in [4.78, 5) is 19.1. The first-order valence-electron chi connectivity index (χ1n) is 6.40. The minimum atomic E-state index is -0.140. The summed E-state index contributed by atoms with van der Waals surface area (Å²) < 4.78 is 5.69. The molecule has 100 valence electrons. The smallest absolute Gasteiger partial charge is 0.258 e. The van der Waals surface area contributed by atoms with Gasteiger partial charge >= 0.3 is 0 Å². The number of H-pyrrole nitrogens is 1. The number of benzene rings is 2. The van der Waals surface area contributed by atoms with Crippen molar-refractivity contribution in [3.63, 3.8) is 0 Å². The molecule has 0 radical (unpaired) electrons. The molecule has 0 fully saturated rings. The number of para-hydroxylation sites is 2. The van der Waals surface area contributed by atoms with Gasteiger partial charge in [0.05, 0.1) is 10.9 Å². The molecule has 2 aromatic carbocycles. The topological polar surface area (TPSA) is 55.0 Å². The van der Waals surface area contributed by atoms with Crippen molar-refractivity contribution in [2.75, 3.05) is 0 Å². The Morgan fingerprint density at radius 2 is 1.85 bits per heavy atom. The summed E-state index contributed by atoms with van der Waals surface area (Å²) in [7, 11) is 0. The highest BCUT2D eigenvalue weighted by atomic mass is 16.5. The van der Waals surface area contributed by atoms with Crippen LogP contribution < -0.4 is 10.3 Å². The third-order valence-corrected chi connectivity index (χ3v) is 3.12. The second-order valence-electron chi connectivity index (χ2n) is 4.58. The van der Waals surface area contributed by atoms with Gasteiger partial charge in [-0.15, -0.1) is 0 Å². The SMILES string of the molecule is Cc1ccccc1OCc1nc2ccccc2c(=O)[nH]1. The van der Waals surface area contributed by atoms with E-state index < -0.39 is 0 Å². The Balaban J connectivity index is 1.88. The van der Waals surface area contributed by atoms with Crippen molar-refractivity contribution >= 4 is 10.9 Å². The molecule has 0 saturated carbocycles. The molecule has 3 rings (SSSR count). The van der Waals surface area contributed by atoms with E-state index in [0.29, 0.717) is 16.7 Å². The molecular weight excluding hydrogens is 252 g/mol. The highest BCUT2D eigenvalue weighted by molar-refractivity contribution is 5.77. The highest BCUT2D eigenvalue weighted by Gasteiger charge is 2.04. The molecular formula is C16H14N2O2. The molecule has 1 N–H and O–H groups in total. The van der Waals surface area contributed by atoms with Gasteiger partial charge in [-0.1, -0.05) is 30.3 Å². The van der Waals surface area contributed by atoms with Crippen LogP contribution in [-0.4, -0.2) is 9.97 Å². The highest BCUT2D eigenvalue weighted by Crippen LogP contribution is 2.17. The zero-order valence-electron chi connectivity index (χ0n) is 11.1. The predicted molar refractivity (Wildman–Crippen MR) is 77.9 cm³/mol. The van der Waals surface area contributed by atoms with Crippen LogP contribution in [0.15, 0.2) is 53.3 Å². The van der Waals surface area contributed by atoms with Crippen LogP contribution in [-0.2, 0) is 6.61 Å². The van der Waals surface area contributed by atoms with E-state index in [1.54, 1.807) is 6.07 Å². The molecule has 0 saturated heterocycles. The Kier molecular flexibility index (Phi) is 3.21. The summed E-state index contributed by atoms with van der Waals surface area (Å²) >= 11 is 0. The number of nitrogens with zero attached hydrogens (tertiary/aromatic N) is 1. The van der Waals surface area contributed by atoms with Crippen LogP contribution in [0.4, 0.5) is 0 Å². The van der Waals surface area contributed by atoms with Crippen molar-refractivity contribution in [1.29, 1.82) is 0 Å². The third-order valence-electron chi connectivity index (χ3n) is 3.12. The lowest BCUT2D eigenvalue weighted by Gasteiger charge is -2.08. The number of nitrogens with one attached hydrogen (secondary N) is 1. The third kappa shape index (κ3) is 2.40. The standard InChI is InChI=1S/C16H14N2O2/c1-11-6-2-5-9-14(11)20-10-15-17-13-8-4-3-7-12(13)16(19)18-15/h2-9H,10H2,1H3,(H,17,18,19). The van der Waals surface area contributed by atoms with Gasteiger partial charge in [0.15, 0.2) is 0 Å². The van der Waals surface area contributed by atoms with Crippen LogP contribution in [0.25, 0.3) is 10.9 Å². The fourth-order valence-corrected chi connectivity index (χ4v) is 2.07. The zero-order chi connectivity index (χ0) is 13.9. The number of hydrogen-bond donors (Lipinski definition) is 1. The van der Waals surface area contributed by atoms with E-state index in [2.05, 4.69) is 9.97 Å². The van der Waals surface area contributed by atoms with Gasteiger partial charge in [0.1, 0.15) is 18.2 Å². The molecule has 0 atom stereocenters. The van der Waals surface area contributed by atoms with Crippen LogP contribution in [0.5, 0.6) is 5.75 Å². The van der Waals surface area contributed by atoms with Crippen LogP contribution in [0.1, 0.15) is 11.4 Å². The van der Waals surface area contributed by atoms with Crippen LogP contribution in [0.2, 0.25) is 0 Å². The summed E-state index contributed by atoms with van der Waals surface area (Å²) in [6, 6.07) is 15.0. The van der Waals surface area contributed by atoms with Gasteiger partial charge in [0.2, 0.25) is 0 Å². The van der Waals surface area contributed by atoms with Gasteiger partial charge in [-0.05, 0) is 30.7 Å². The minimum Gasteiger partial charge on any atom is -0.485 e. The zero-order valence-corrected chi connectivity index (χ0v) is 11.1. The number of fused-ring (bicyclic) bond motifs is 1. The number of ether oxygens (including phenoxy) is 1. The maximum absolute atomic E-state index is 11.9. The summed E-state index contributed by atoms with van der Waals surface area (Å²) in [5.74, 6) is 1.32. The van der Waals surface area contributed by atoms with Crippen molar-refractivity contribution in [2.24, 2.45) is 0 Å². The van der Waals surface area contributed by atoms with Gasteiger partial charge in [-0.2, -0.15) is 0 Å². The van der Waals surface area contributed by atoms with Crippen LogP contribution >= 0.6 is 0 Å². The number of aromatic nitrogens is 2. The van der Waals surface area contributed by atoms with Gasteiger partial charge < -0.3 is 9.72 Å². The van der Waals surface area contributed by atoms with E-state index >= 15 is 0 Å². The minimum absolute atomic E-state index is 0.140. The average Bonchev–Trinajstić information content (AvgIpc) is 2.46. The fraction of sp³-hybridized carbons (Fsp3) is 0.125. The lowest BCUT2D eigenvalue weighted by atomic mass is 10.2. The Morgan fingerprint density at radius 1 is 1.10 bits per heavy atom. The molecule has 4 nitrogen and oxygen atoms in total. The number of aryl methyl sites for hydroxylation is 1. The molecule has 3 aromatic rings. The Hall–Kier alpha value is -2.62. The van der Waals surface area contributed by atoms with Gasteiger partial charge in [0.25, 0.3) is 5.56 Å². The molecule has 0 aliphatic carbocycles. The molecule has 0 bridgehead atoms. The van der Waals surface area contributed by atoms with Crippen molar-refractivity contribution < 1.29 is 4.74 Å². The lowest BCUT2D eigenvalue weighted by Crippen LogP contribution is -2.13. The molecule has 20 heavy (non-hydrogen) atoms. The Morgan fingerprint density at radius 3 is 2.70 bits per heavy atom. The summed E-state index contributed by atoms with van der Waals surface area (Å²) in [6.45, 7) is 2.22. The van der Waals surface area contributed by atoms with Crippen molar-refractivity contribution in [3.05, 3.63) is 70.3 Å². The van der Waals surface area contributed by atoms with E-state index in [1.165, 1.54) is 0 Å². The molecule has 1 aromatic heterocycles. The van der Waals surface area contributed by atoms with E-state index in [1.807, 2.05) is 49.4 Å². The second kappa shape index (κ2) is 5.17. The average molecular weight is 266 g/mol. The largest absolute Gasteiger partial charge is 0.485 e.